The zero-order valence-electron chi connectivity index (χ0n) is 34.4. The summed E-state index contributed by atoms with van der Waals surface area (Å²) in [4.78, 5) is 39.2. The van der Waals surface area contributed by atoms with Crippen molar-refractivity contribution in [2.75, 3.05) is 6.61 Å². The van der Waals surface area contributed by atoms with Crippen molar-refractivity contribution in [3.63, 3.8) is 0 Å². The average molecular weight is 717 g/mol. The number of hydrogen-bond acceptors (Lipinski definition) is 8. The van der Waals surface area contributed by atoms with Crippen LogP contribution in [0.5, 0.6) is 0 Å². The van der Waals surface area contributed by atoms with E-state index in [2.05, 4.69) is 48.5 Å². The molecule has 0 aromatic heterocycles. The quantitative estimate of drug-likeness (QED) is 0.224. The number of fused-ring (bicyclic) bond motifs is 5. The molecule has 1 N–H and O–H groups in total. The van der Waals surface area contributed by atoms with Crippen molar-refractivity contribution in [1.82, 2.24) is 0 Å². The second kappa shape index (κ2) is 14.0. The summed E-state index contributed by atoms with van der Waals surface area (Å²) < 4.78 is 25.2. The molecule has 1 aliphatic heterocycles. The maximum Gasteiger partial charge on any atom is 0.303 e. The highest BCUT2D eigenvalue weighted by Gasteiger charge is 2.71. The first kappa shape index (κ1) is 40.7. The molecule has 0 amide bonds. The molecule has 4 saturated carbocycles. The number of ether oxygens (including phenoxy) is 4. The van der Waals surface area contributed by atoms with Crippen LogP contribution in [0.2, 0.25) is 0 Å². The monoisotopic (exact) mass is 717 g/mol. The van der Waals surface area contributed by atoms with Gasteiger partial charge >= 0.3 is 11.9 Å². The van der Waals surface area contributed by atoms with Crippen molar-refractivity contribution >= 4 is 17.7 Å². The summed E-state index contributed by atoms with van der Waals surface area (Å²) in [6.07, 6.45) is 7.13. The maximum absolute atomic E-state index is 15.0. The summed E-state index contributed by atoms with van der Waals surface area (Å²) in [6, 6.07) is 0. The van der Waals surface area contributed by atoms with Gasteiger partial charge in [-0.1, -0.05) is 55.4 Å². The van der Waals surface area contributed by atoms with E-state index in [1.807, 2.05) is 27.7 Å². The van der Waals surface area contributed by atoms with Crippen molar-refractivity contribution in [2.24, 2.45) is 63.1 Å². The van der Waals surface area contributed by atoms with Gasteiger partial charge in [-0.15, -0.1) is 0 Å². The van der Waals surface area contributed by atoms with E-state index in [0.29, 0.717) is 49.2 Å². The third kappa shape index (κ3) is 7.10. The van der Waals surface area contributed by atoms with Gasteiger partial charge in [0.1, 0.15) is 12.4 Å². The predicted molar refractivity (Wildman–Crippen MR) is 197 cm³/mol. The SMILES string of the molecule is CC(=O)OCC1O[C@@H](O[C@@](C)(CCCC(C)(C)O)C2CC[C@]3(C)C2C(=O)CC2[C@@]4(C)CC[C@H](C)C(C)(C)C4CC[C@]23C)C(OC(C)=O)[C@@H](C)[C@@H]1C. The summed E-state index contributed by atoms with van der Waals surface area (Å²) in [6.45, 7) is 27.6. The fourth-order valence-electron chi connectivity index (χ4n) is 12.9. The van der Waals surface area contributed by atoms with Crippen molar-refractivity contribution in [3.8, 4) is 0 Å². The number of hydrogen-bond donors (Lipinski definition) is 1. The van der Waals surface area contributed by atoms with Crippen molar-refractivity contribution in [2.45, 2.75) is 184 Å². The van der Waals surface area contributed by atoms with E-state index in [-0.39, 0.29) is 57.9 Å². The molecule has 8 heteroatoms. The Balaban J connectivity index is 1.51. The van der Waals surface area contributed by atoms with Crippen LogP contribution in [0, 0.1) is 63.1 Å². The molecule has 5 fully saturated rings. The second-order valence-corrected chi connectivity index (χ2v) is 20.3. The van der Waals surface area contributed by atoms with Gasteiger partial charge in [0, 0.05) is 32.1 Å². The highest BCUT2D eigenvalue weighted by molar-refractivity contribution is 5.84. The van der Waals surface area contributed by atoms with Gasteiger partial charge in [-0.25, -0.2) is 0 Å². The van der Waals surface area contributed by atoms with E-state index in [9.17, 15) is 19.5 Å². The second-order valence-electron chi connectivity index (χ2n) is 20.3. The highest BCUT2D eigenvalue weighted by Crippen LogP contribution is 2.75. The van der Waals surface area contributed by atoms with E-state index in [4.69, 9.17) is 18.9 Å². The lowest BCUT2D eigenvalue weighted by Crippen LogP contribution is -2.65. The van der Waals surface area contributed by atoms with Gasteiger partial charge in [0.25, 0.3) is 0 Å². The van der Waals surface area contributed by atoms with Crippen LogP contribution < -0.4 is 0 Å². The Morgan fingerprint density at radius 1 is 0.863 bits per heavy atom. The summed E-state index contributed by atoms with van der Waals surface area (Å²) >= 11 is 0. The van der Waals surface area contributed by atoms with Crippen LogP contribution in [0.25, 0.3) is 0 Å². The maximum atomic E-state index is 15.0. The number of Topliss-reactive ketones (excluding diaryl/α,β-unsaturated/α-hetero) is 1. The lowest BCUT2D eigenvalue weighted by Gasteiger charge is -2.69. The van der Waals surface area contributed by atoms with E-state index in [1.165, 1.54) is 33.1 Å². The fourth-order valence-corrected chi connectivity index (χ4v) is 12.9. The molecule has 6 unspecified atom stereocenters. The smallest absolute Gasteiger partial charge is 0.303 e. The summed E-state index contributed by atoms with van der Waals surface area (Å²) in [7, 11) is 0. The molecule has 0 aromatic carbocycles. The number of carbonyl (C=O) groups is 3. The van der Waals surface area contributed by atoms with Crippen LogP contribution >= 0.6 is 0 Å². The zero-order valence-corrected chi connectivity index (χ0v) is 34.4. The van der Waals surface area contributed by atoms with Crippen molar-refractivity contribution in [3.05, 3.63) is 0 Å². The summed E-state index contributed by atoms with van der Waals surface area (Å²) in [5, 5.41) is 10.7. The van der Waals surface area contributed by atoms with E-state index < -0.39 is 35.7 Å². The van der Waals surface area contributed by atoms with E-state index in [0.717, 1.165) is 19.3 Å². The molecule has 1 saturated heterocycles. The predicted octanol–water partition coefficient (Wildman–Crippen LogP) is 8.70. The van der Waals surface area contributed by atoms with Gasteiger partial charge in [0.05, 0.1) is 17.3 Å². The topological polar surface area (TPSA) is 108 Å². The number of rotatable bonds is 10. The van der Waals surface area contributed by atoms with Crippen LogP contribution in [0.1, 0.15) is 154 Å². The van der Waals surface area contributed by atoms with Gasteiger partial charge in [0.2, 0.25) is 0 Å². The minimum absolute atomic E-state index is 0.0247. The third-order valence-corrected chi connectivity index (χ3v) is 16.6. The molecular weight excluding hydrogens is 644 g/mol. The third-order valence-electron chi connectivity index (χ3n) is 16.6. The number of aliphatic hydroxyl groups is 1. The van der Waals surface area contributed by atoms with Gasteiger partial charge in [-0.2, -0.15) is 0 Å². The highest BCUT2D eigenvalue weighted by atomic mass is 16.7. The van der Waals surface area contributed by atoms with Crippen LogP contribution in [-0.4, -0.2) is 59.1 Å². The van der Waals surface area contributed by atoms with Gasteiger partial charge in [-0.05, 0) is 130 Å². The molecule has 1 heterocycles. The van der Waals surface area contributed by atoms with E-state index >= 15 is 0 Å². The number of esters is 2. The van der Waals surface area contributed by atoms with Gasteiger partial charge in [-0.3, -0.25) is 14.4 Å². The molecule has 5 aliphatic rings. The minimum atomic E-state index is -0.900. The molecule has 0 spiro atoms. The lowest BCUT2D eigenvalue weighted by molar-refractivity contribution is -0.319. The van der Waals surface area contributed by atoms with E-state index in [1.54, 1.807) is 0 Å². The van der Waals surface area contributed by atoms with Crippen LogP contribution in [0.3, 0.4) is 0 Å². The Bertz CT molecular complexity index is 1320. The Hall–Kier alpha value is -1.51. The van der Waals surface area contributed by atoms with Crippen LogP contribution in [-0.2, 0) is 33.3 Å². The van der Waals surface area contributed by atoms with Crippen LogP contribution in [0.4, 0.5) is 0 Å². The first-order valence-electron chi connectivity index (χ1n) is 20.3. The molecule has 51 heavy (non-hydrogen) atoms. The molecule has 292 valence electrons. The Morgan fingerprint density at radius 2 is 1.51 bits per heavy atom. The molecule has 4 aliphatic carbocycles. The zero-order chi connectivity index (χ0) is 38.1. The summed E-state index contributed by atoms with van der Waals surface area (Å²) in [5.74, 6) is 0.822. The minimum Gasteiger partial charge on any atom is -0.463 e. The fraction of sp³-hybridized carbons (Fsp3) is 0.930. The Morgan fingerprint density at radius 3 is 2.12 bits per heavy atom. The molecule has 0 radical (unpaired) electrons. The van der Waals surface area contributed by atoms with Crippen molar-refractivity contribution < 1.29 is 38.4 Å². The Kier molecular flexibility index (Phi) is 11.1. The first-order valence-corrected chi connectivity index (χ1v) is 20.3. The Labute approximate surface area is 309 Å². The normalized spacial score (nSPS) is 44.8. The van der Waals surface area contributed by atoms with Crippen LogP contribution in [0.15, 0.2) is 0 Å². The van der Waals surface area contributed by atoms with Crippen molar-refractivity contribution in [1.29, 1.82) is 0 Å². The standard InChI is InChI=1S/C43H72O8/c1-25-15-20-40(10)33(39(25,8)9)17-22-41(11)34(40)23-31(46)35-30(16-21-42(35,41)12)43(13,19-14-18-38(6,7)47)51-37-36(49-29(5)45)27(3)26(2)32(50-37)24-48-28(4)44/h25-27,30,32-37,47H,14-24H2,1-13H3/t25-,26-,27-,30?,32?,33?,34?,35?,36?,37-,40-,41+,42+,43-/m0/s1. The summed E-state index contributed by atoms with van der Waals surface area (Å²) in [5.41, 5.74) is -1.41. The van der Waals surface area contributed by atoms with Gasteiger partial charge < -0.3 is 24.1 Å². The first-order chi connectivity index (χ1) is 23.4. The van der Waals surface area contributed by atoms with Gasteiger partial charge in [0.15, 0.2) is 12.4 Å². The molecule has 8 nitrogen and oxygen atoms in total. The molecule has 5 rings (SSSR count). The largest absolute Gasteiger partial charge is 0.463 e. The lowest BCUT2D eigenvalue weighted by atomic mass is 9.34. The average Bonchev–Trinajstić information content (AvgIpc) is 3.39. The molecule has 0 aromatic rings. The number of ketones is 1. The molecule has 14 atom stereocenters. The number of carbonyl (C=O) groups excluding carboxylic acids is 3. The molecular formula is C43H72O8. The molecule has 0 bridgehead atoms.